The Morgan fingerprint density at radius 2 is 2.00 bits per heavy atom. The zero-order valence-corrected chi connectivity index (χ0v) is 12.4. The van der Waals surface area contributed by atoms with Crippen molar-refractivity contribution >= 4 is 0 Å². The van der Waals surface area contributed by atoms with E-state index in [0.29, 0.717) is 11.5 Å². The summed E-state index contributed by atoms with van der Waals surface area (Å²) in [6, 6.07) is 0.684. The van der Waals surface area contributed by atoms with E-state index in [2.05, 4.69) is 37.9 Å². The lowest BCUT2D eigenvalue weighted by Crippen LogP contribution is -2.36. The highest BCUT2D eigenvalue weighted by Gasteiger charge is 2.22. The van der Waals surface area contributed by atoms with Crippen molar-refractivity contribution in [2.45, 2.75) is 65.8 Å². The molecule has 2 heteroatoms. The molecular formula is C15H32N2. The summed E-state index contributed by atoms with van der Waals surface area (Å²) in [6.07, 6.45) is 6.71. The molecule has 17 heavy (non-hydrogen) atoms. The van der Waals surface area contributed by atoms with Crippen LogP contribution in [0, 0.1) is 5.41 Å². The minimum Gasteiger partial charge on any atom is -0.313 e. The smallest absolute Gasteiger partial charge is 0.0107 e. The standard InChI is InChI=1S/C15H32N2/c1-5-7-14(2)16-10-13-17-11-6-8-15(3,4)9-12-17/h14,16H,5-13H2,1-4H3. The molecule has 1 saturated heterocycles. The first-order valence-electron chi connectivity index (χ1n) is 7.49. The van der Waals surface area contributed by atoms with Crippen molar-refractivity contribution < 1.29 is 0 Å². The number of rotatable bonds is 6. The molecule has 1 aliphatic heterocycles. The highest BCUT2D eigenvalue weighted by molar-refractivity contribution is 4.76. The summed E-state index contributed by atoms with van der Waals surface area (Å²) < 4.78 is 0. The third kappa shape index (κ3) is 6.42. The van der Waals surface area contributed by atoms with Gasteiger partial charge in [-0.2, -0.15) is 0 Å². The number of likely N-dealkylation sites (tertiary alicyclic amines) is 1. The summed E-state index contributed by atoms with van der Waals surface area (Å²) in [7, 11) is 0. The molecule has 1 aliphatic rings. The highest BCUT2D eigenvalue weighted by Crippen LogP contribution is 2.29. The predicted molar refractivity (Wildman–Crippen MR) is 76.4 cm³/mol. The van der Waals surface area contributed by atoms with E-state index in [9.17, 15) is 0 Å². The fourth-order valence-electron chi connectivity index (χ4n) is 2.71. The van der Waals surface area contributed by atoms with Crippen LogP contribution < -0.4 is 5.32 Å². The van der Waals surface area contributed by atoms with Gasteiger partial charge < -0.3 is 10.2 Å². The largest absolute Gasteiger partial charge is 0.313 e. The SMILES string of the molecule is CCCC(C)NCCN1CCCC(C)(C)CC1. The van der Waals surface area contributed by atoms with Gasteiger partial charge in [0.2, 0.25) is 0 Å². The summed E-state index contributed by atoms with van der Waals surface area (Å²) in [5.74, 6) is 0. The van der Waals surface area contributed by atoms with E-state index in [0.717, 1.165) is 6.54 Å². The number of nitrogens with zero attached hydrogens (tertiary/aromatic N) is 1. The van der Waals surface area contributed by atoms with Crippen LogP contribution in [0.1, 0.15) is 59.8 Å². The lowest BCUT2D eigenvalue weighted by Gasteiger charge is -2.24. The van der Waals surface area contributed by atoms with Crippen molar-refractivity contribution in [2.24, 2.45) is 5.41 Å². The zero-order valence-electron chi connectivity index (χ0n) is 12.4. The molecule has 0 aromatic rings. The van der Waals surface area contributed by atoms with Gasteiger partial charge in [0, 0.05) is 19.1 Å². The third-order valence-electron chi connectivity index (χ3n) is 4.08. The maximum absolute atomic E-state index is 3.63. The second kappa shape index (κ2) is 7.38. The minimum atomic E-state index is 0.567. The van der Waals surface area contributed by atoms with Crippen molar-refractivity contribution in [1.29, 1.82) is 0 Å². The van der Waals surface area contributed by atoms with E-state index in [4.69, 9.17) is 0 Å². The molecule has 102 valence electrons. The quantitative estimate of drug-likeness (QED) is 0.766. The maximum Gasteiger partial charge on any atom is 0.0107 e. The maximum atomic E-state index is 3.63. The molecule has 0 aliphatic carbocycles. The van der Waals surface area contributed by atoms with Gasteiger partial charge in [0.15, 0.2) is 0 Å². The predicted octanol–water partition coefficient (Wildman–Crippen LogP) is 3.28. The van der Waals surface area contributed by atoms with E-state index < -0.39 is 0 Å². The summed E-state index contributed by atoms with van der Waals surface area (Å²) in [4.78, 5) is 2.64. The second-order valence-corrected chi connectivity index (χ2v) is 6.50. The van der Waals surface area contributed by atoms with Crippen molar-refractivity contribution in [3.63, 3.8) is 0 Å². The average Bonchev–Trinajstić information content (AvgIpc) is 2.41. The van der Waals surface area contributed by atoms with Crippen molar-refractivity contribution in [2.75, 3.05) is 26.2 Å². The third-order valence-corrected chi connectivity index (χ3v) is 4.08. The monoisotopic (exact) mass is 240 g/mol. The molecule has 0 radical (unpaired) electrons. The van der Waals surface area contributed by atoms with Crippen LogP contribution in [0.3, 0.4) is 0 Å². The molecule has 2 nitrogen and oxygen atoms in total. The fraction of sp³-hybridized carbons (Fsp3) is 1.00. The first-order chi connectivity index (χ1) is 8.03. The van der Waals surface area contributed by atoms with Gasteiger partial charge in [0.1, 0.15) is 0 Å². The Morgan fingerprint density at radius 3 is 2.71 bits per heavy atom. The van der Waals surface area contributed by atoms with Crippen molar-refractivity contribution in [3.05, 3.63) is 0 Å². The van der Waals surface area contributed by atoms with Gasteiger partial charge in [-0.05, 0) is 51.1 Å². The molecule has 1 atom stereocenters. The molecule has 1 heterocycles. The summed E-state index contributed by atoms with van der Waals surface area (Å²) in [5.41, 5.74) is 0.567. The molecule has 0 saturated carbocycles. The Bertz CT molecular complexity index is 201. The molecular weight excluding hydrogens is 208 g/mol. The lowest BCUT2D eigenvalue weighted by molar-refractivity contribution is 0.259. The van der Waals surface area contributed by atoms with E-state index in [1.807, 2.05) is 0 Å². The second-order valence-electron chi connectivity index (χ2n) is 6.50. The summed E-state index contributed by atoms with van der Waals surface area (Å²) in [6.45, 7) is 14.4. The molecule has 0 amide bonds. The van der Waals surface area contributed by atoms with Crippen molar-refractivity contribution in [1.82, 2.24) is 10.2 Å². The van der Waals surface area contributed by atoms with Gasteiger partial charge >= 0.3 is 0 Å². The number of hydrogen-bond acceptors (Lipinski definition) is 2. The topological polar surface area (TPSA) is 15.3 Å². The Balaban J connectivity index is 2.15. The van der Waals surface area contributed by atoms with E-state index in [1.165, 1.54) is 51.7 Å². The number of hydrogen-bond donors (Lipinski definition) is 1. The van der Waals surface area contributed by atoms with Crippen LogP contribution in [0.25, 0.3) is 0 Å². The molecule has 0 aromatic carbocycles. The Hall–Kier alpha value is -0.0800. The van der Waals surface area contributed by atoms with E-state index in [1.54, 1.807) is 0 Å². The molecule has 1 fully saturated rings. The van der Waals surface area contributed by atoms with Gasteiger partial charge in [-0.1, -0.05) is 27.2 Å². The summed E-state index contributed by atoms with van der Waals surface area (Å²) in [5, 5.41) is 3.63. The lowest BCUT2D eigenvalue weighted by atomic mass is 9.85. The Morgan fingerprint density at radius 1 is 1.24 bits per heavy atom. The van der Waals surface area contributed by atoms with Gasteiger partial charge in [-0.15, -0.1) is 0 Å². The summed E-state index contributed by atoms with van der Waals surface area (Å²) >= 11 is 0. The molecule has 1 N–H and O–H groups in total. The van der Waals surface area contributed by atoms with E-state index >= 15 is 0 Å². The Kier molecular flexibility index (Phi) is 6.50. The van der Waals surface area contributed by atoms with Crippen LogP contribution in [0.15, 0.2) is 0 Å². The van der Waals surface area contributed by atoms with Gasteiger partial charge in [-0.3, -0.25) is 0 Å². The highest BCUT2D eigenvalue weighted by atomic mass is 15.1. The van der Waals surface area contributed by atoms with E-state index in [-0.39, 0.29) is 0 Å². The average molecular weight is 240 g/mol. The van der Waals surface area contributed by atoms with Crippen LogP contribution >= 0.6 is 0 Å². The van der Waals surface area contributed by atoms with Crippen LogP contribution in [0.4, 0.5) is 0 Å². The van der Waals surface area contributed by atoms with Crippen LogP contribution in [-0.4, -0.2) is 37.1 Å². The normalized spacial score (nSPS) is 23.3. The molecule has 0 bridgehead atoms. The fourth-order valence-corrected chi connectivity index (χ4v) is 2.71. The first kappa shape index (κ1) is 15.0. The van der Waals surface area contributed by atoms with Crippen LogP contribution in [0.5, 0.6) is 0 Å². The molecule has 0 aromatic heterocycles. The van der Waals surface area contributed by atoms with Crippen LogP contribution in [-0.2, 0) is 0 Å². The van der Waals surface area contributed by atoms with Gasteiger partial charge in [-0.25, -0.2) is 0 Å². The Labute approximate surface area is 108 Å². The molecule has 0 spiro atoms. The number of nitrogens with one attached hydrogen (secondary N) is 1. The molecule has 1 rings (SSSR count). The molecule has 1 unspecified atom stereocenters. The van der Waals surface area contributed by atoms with Crippen molar-refractivity contribution in [3.8, 4) is 0 Å². The zero-order chi connectivity index (χ0) is 12.7. The van der Waals surface area contributed by atoms with Gasteiger partial charge in [0.25, 0.3) is 0 Å². The first-order valence-corrected chi connectivity index (χ1v) is 7.49. The van der Waals surface area contributed by atoms with Crippen LogP contribution in [0.2, 0.25) is 0 Å². The van der Waals surface area contributed by atoms with Gasteiger partial charge in [0.05, 0.1) is 0 Å². The minimum absolute atomic E-state index is 0.567.